The number of rotatable bonds is 9. The van der Waals surface area contributed by atoms with Gasteiger partial charge in [0.2, 0.25) is 0 Å². The van der Waals surface area contributed by atoms with Crippen molar-refractivity contribution in [3.63, 3.8) is 0 Å². The summed E-state index contributed by atoms with van der Waals surface area (Å²) in [5, 5.41) is 0. The molecule has 152 valence electrons. The van der Waals surface area contributed by atoms with E-state index in [9.17, 15) is 0 Å². The summed E-state index contributed by atoms with van der Waals surface area (Å²) in [6.07, 6.45) is 12.4. The SMILES string of the molecule is CCCC1CCC(CCc2ccc([C@H](C)Cc3ccc(OC)cc3)cc2)CC1. The van der Waals surface area contributed by atoms with E-state index in [2.05, 4.69) is 62.4 Å². The third-order valence-corrected chi connectivity index (χ3v) is 6.75. The monoisotopic (exact) mass is 378 g/mol. The molecule has 3 rings (SSSR count). The largest absolute Gasteiger partial charge is 0.497 e. The van der Waals surface area contributed by atoms with Crippen LogP contribution in [0.2, 0.25) is 0 Å². The molecule has 0 spiro atoms. The highest BCUT2D eigenvalue weighted by Gasteiger charge is 2.20. The van der Waals surface area contributed by atoms with Crippen LogP contribution in [0.25, 0.3) is 0 Å². The summed E-state index contributed by atoms with van der Waals surface area (Å²) < 4.78 is 5.25. The molecule has 1 saturated carbocycles. The third-order valence-electron chi connectivity index (χ3n) is 6.75. The van der Waals surface area contributed by atoms with Crippen LogP contribution in [0.4, 0.5) is 0 Å². The van der Waals surface area contributed by atoms with E-state index in [1.54, 1.807) is 7.11 Å². The Hall–Kier alpha value is -1.76. The molecule has 1 nitrogen and oxygen atoms in total. The van der Waals surface area contributed by atoms with Gasteiger partial charge in [-0.25, -0.2) is 0 Å². The number of ether oxygens (including phenoxy) is 1. The minimum Gasteiger partial charge on any atom is -0.497 e. The zero-order valence-corrected chi connectivity index (χ0v) is 18.1. The lowest BCUT2D eigenvalue weighted by Gasteiger charge is -2.28. The van der Waals surface area contributed by atoms with Gasteiger partial charge in [0.15, 0.2) is 0 Å². The Kier molecular flexibility index (Phi) is 8.01. The molecule has 0 saturated heterocycles. The van der Waals surface area contributed by atoms with Gasteiger partial charge in [-0.1, -0.05) is 88.8 Å². The van der Waals surface area contributed by atoms with Crippen molar-refractivity contribution in [1.82, 2.24) is 0 Å². The van der Waals surface area contributed by atoms with Gasteiger partial charge in [-0.05, 0) is 65.8 Å². The number of aryl methyl sites for hydroxylation is 1. The number of benzene rings is 2. The zero-order chi connectivity index (χ0) is 19.8. The first-order chi connectivity index (χ1) is 13.7. The molecule has 0 N–H and O–H groups in total. The van der Waals surface area contributed by atoms with E-state index in [4.69, 9.17) is 4.74 Å². The molecule has 28 heavy (non-hydrogen) atoms. The van der Waals surface area contributed by atoms with E-state index in [0.29, 0.717) is 5.92 Å². The standard InChI is InChI=1S/C27H38O/c1-4-5-22-6-8-23(9-7-22)10-11-24-12-16-26(17-13-24)21(2)20-25-14-18-27(28-3)19-15-25/h12-19,21-23H,4-11,20H2,1-3H3/t21-,22?,23?/m1/s1. The highest BCUT2D eigenvalue weighted by atomic mass is 16.5. The fraction of sp³-hybridized carbons (Fsp3) is 0.556. The maximum absolute atomic E-state index is 5.25. The van der Waals surface area contributed by atoms with Crippen LogP contribution < -0.4 is 4.74 Å². The molecule has 0 bridgehead atoms. The van der Waals surface area contributed by atoms with E-state index >= 15 is 0 Å². The summed E-state index contributed by atoms with van der Waals surface area (Å²) in [7, 11) is 1.72. The van der Waals surface area contributed by atoms with E-state index < -0.39 is 0 Å². The van der Waals surface area contributed by atoms with Crippen LogP contribution >= 0.6 is 0 Å². The maximum atomic E-state index is 5.25. The second-order valence-electron chi connectivity index (χ2n) is 8.91. The zero-order valence-electron chi connectivity index (χ0n) is 18.1. The molecule has 0 amide bonds. The second kappa shape index (κ2) is 10.7. The molecule has 0 aromatic heterocycles. The molecule has 0 aliphatic heterocycles. The van der Waals surface area contributed by atoms with Gasteiger partial charge in [-0.3, -0.25) is 0 Å². The third kappa shape index (κ3) is 6.12. The van der Waals surface area contributed by atoms with Crippen LogP contribution in [0.1, 0.15) is 81.4 Å². The van der Waals surface area contributed by atoms with Crippen LogP contribution in [0.15, 0.2) is 48.5 Å². The first kappa shape index (κ1) is 21.0. The van der Waals surface area contributed by atoms with Gasteiger partial charge in [0, 0.05) is 0 Å². The number of methoxy groups -OCH3 is 1. The molecule has 0 radical (unpaired) electrons. The summed E-state index contributed by atoms with van der Waals surface area (Å²) in [5.74, 6) is 3.45. The minimum absolute atomic E-state index is 0.538. The van der Waals surface area contributed by atoms with Gasteiger partial charge in [-0.15, -0.1) is 0 Å². The lowest BCUT2D eigenvalue weighted by atomic mass is 9.78. The summed E-state index contributed by atoms with van der Waals surface area (Å²) in [6, 6.07) is 17.9. The van der Waals surface area contributed by atoms with Gasteiger partial charge in [0.25, 0.3) is 0 Å². The van der Waals surface area contributed by atoms with Crippen LogP contribution in [0.5, 0.6) is 5.75 Å². The Balaban J connectivity index is 1.45. The van der Waals surface area contributed by atoms with Crippen molar-refractivity contribution in [2.45, 2.75) is 77.6 Å². The summed E-state index contributed by atoms with van der Waals surface area (Å²) >= 11 is 0. The molecule has 2 aromatic carbocycles. The summed E-state index contributed by atoms with van der Waals surface area (Å²) in [4.78, 5) is 0. The van der Waals surface area contributed by atoms with Crippen molar-refractivity contribution in [3.8, 4) is 5.75 Å². The minimum atomic E-state index is 0.538. The van der Waals surface area contributed by atoms with Crippen molar-refractivity contribution in [1.29, 1.82) is 0 Å². The van der Waals surface area contributed by atoms with Gasteiger partial charge < -0.3 is 4.74 Å². The quantitative estimate of drug-likeness (QED) is 0.437. The first-order valence-electron chi connectivity index (χ1n) is 11.4. The van der Waals surface area contributed by atoms with E-state index in [1.165, 1.54) is 68.1 Å². The Labute approximate surface area is 172 Å². The van der Waals surface area contributed by atoms with E-state index in [-0.39, 0.29) is 0 Å². The maximum Gasteiger partial charge on any atom is 0.118 e. The van der Waals surface area contributed by atoms with Gasteiger partial charge in [0.05, 0.1) is 7.11 Å². The van der Waals surface area contributed by atoms with Crippen molar-refractivity contribution >= 4 is 0 Å². The predicted octanol–water partition coefficient (Wildman–Crippen LogP) is 7.58. The second-order valence-corrected chi connectivity index (χ2v) is 8.91. The fourth-order valence-electron chi connectivity index (χ4n) is 4.83. The average molecular weight is 379 g/mol. The van der Waals surface area contributed by atoms with Crippen molar-refractivity contribution in [2.75, 3.05) is 7.11 Å². The average Bonchev–Trinajstić information content (AvgIpc) is 2.74. The fourth-order valence-corrected chi connectivity index (χ4v) is 4.83. The van der Waals surface area contributed by atoms with Crippen molar-refractivity contribution in [3.05, 3.63) is 65.2 Å². The molecular formula is C27H38O. The summed E-state index contributed by atoms with van der Waals surface area (Å²) in [5.41, 5.74) is 4.33. The lowest BCUT2D eigenvalue weighted by Crippen LogP contribution is -2.15. The van der Waals surface area contributed by atoms with Crippen LogP contribution in [0, 0.1) is 11.8 Å². The molecule has 0 unspecified atom stereocenters. The number of hydrogen-bond donors (Lipinski definition) is 0. The molecular weight excluding hydrogens is 340 g/mol. The Morgan fingerprint density at radius 1 is 0.821 bits per heavy atom. The molecule has 2 aromatic rings. The van der Waals surface area contributed by atoms with Crippen LogP contribution in [0.3, 0.4) is 0 Å². The van der Waals surface area contributed by atoms with E-state index in [0.717, 1.165) is 24.0 Å². The lowest BCUT2D eigenvalue weighted by molar-refractivity contribution is 0.252. The molecule has 1 fully saturated rings. The Morgan fingerprint density at radius 3 is 1.96 bits per heavy atom. The molecule has 0 heterocycles. The molecule has 1 atom stereocenters. The van der Waals surface area contributed by atoms with Crippen molar-refractivity contribution in [2.24, 2.45) is 11.8 Å². The normalized spacial score (nSPS) is 20.7. The highest BCUT2D eigenvalue weighted by Crippen LogP contribution is 2.34. The van der Waals surface area contributed by atoms with Crippen LogP contribution in [-0.4, -0.2) is 7.11 Å². The predicted molar refractivity (Wildman–Crippen MR) is 120 cm³/mol. The molecule has 1 heteroatoms. The Morgan fingerprint density at radius 2 is 1.39 bits per heavy atom. The summed E-state index contributed by atoms with van der Waals surface area (Å²) in [6.45, 7) is 4.65. The van der Waals surface area contributed by atoms with Gasteiger partial charge >= 0.3 is 0 Å². The van der Waals surface area contributed by atoms with Crippen LogP contribution in [-0.2, 0) is 12.8 Å². The highest BCUT2D eigenvalue weighted by molar-refractivity contribution is 5.30. The first-order valence-corrected chi connectivity index (χ1v) is 11.4. The van der Waals surface area contributed by atoms with Crippen molar-refractivity contribution < 1.29 is 4.74 Å². The van der Waals surface area contributed by atoms with Gasteiger partial charge in [0.1, 0.15) is 5.75 Å². The molecule has 1 aliphatic carbocycles. The molecule has 1 aliphatic rings. The Bertz CT molecular complexity index is 677. The number of hydrogen-bond acceptors (Lipinski definition) is 1. The topological polar surface area (TPSA) is 9.23 Å². The smallest absolute Gasteiger partial charge is 0.118 e. The van der Waals surface area contributed by atoms with Gasteiger partial charge in [-0.2, -0.15) is 0 Å². The van der Waals surface area contributed by atoms with E-state index in [1.807, 2.05) is 0 Å².